The summed E-state index contributed by atoms with van der Waals surface area (Å²) in [4.78, 5) is 6.55. The van der Waals surface area contributed by atoms with Crippen LogP contribution in [0.4, 0.5) is 5.69 Å². The largest absolute Gasteiger partial charge is 0.369 e. The Balaban J connectivity index is 1.70. The van der Waals surface area contributed by atoms with Gasteiger partial charge in [-0.1, -0.05) is 28.1 Å². The van der Waals surface area contributed by atoms with E-state index in [1.165, 1.54) is 29.7 Å². The van der Waals surface area contributed by atoms with Crippen LogP contribution in [-0.4, -0.2) is 18.1 Å². The Kier molecular flexibility index (Phi) is 4.56. The number of nitrogens with one attached hydrogen (secondary N) is 1. The normalized spacial score (nSPS) is 14.2. The smallest absolute Gasteiger partial charge is 0.0598 e. The van der Waals surface area contributed by atoms with Crippen LogP contribution in [0.15, 0.2) is 47.2 Å². The Morgan fingerprint density at radius 3 is 2.71 bits per heavy atom. The molecular weight excluding hydrogens is 326 g/mol. The van der Waals surface area contributed by atoms with Crippen molar-refractivity contribution in [3.63, 3.8) is 0 Å². The highest BCUT2D eigenvalue weighted by Crippen LogP contribution is 2.23. The van der Waals surface area contributed by atoms with Crippen LogP contribution in [-0.2, 0) is 13.1 Å². The number of benzene rings is 1. The van der Waals surface area contributed by atoms with Gasteiger partial charge in [-0.2, -0.15) is 0 Å². The minimum absolute atomic E-state index is 0.725. The fraction of sp³-hybridized carbons (Fsp3) is 0.353. The monoisotopic (exact) mass is 345 g/mol. The van der Waals surface area contributed by atoms with E-state index in [1.54, 1.807) is 0 Å². The molecule has 110 valence electrons. The van der Waals surface area contributed by atoms with Crippen LogP contribution >= 0.6 is 15.9 Å². The second-order valence-corrected chi connectivity index (χ2v) is 6.56. The Morgan fingerprint density at radius 1 is 1.24 bits per heavy atom. The maximum absolute atomic E-state index is 4.29. The molecule has 1 saturated carbocycles. The van der Waals surface area contributed by atoms with Crippen molar-refractivity contribution in [3.05, 3.63) is 58.3 Å². The molecule has 0 radical (unpaired) electrons. The molecule has 1 aromatic carbocycles. The summed E-state index contributed by atoms with van der Waals surface area (Å²) >= 11 is 3.48. The Morgan fingerprint density at radius 2 is 2.00 bits per heavy atom. The molecule has 4 heteroatoms. The Labute approximate surface area is 134 Å². The number of halogens is 1. The molecule has 0 unspecified atom stereocenters. The van der Waals surface area contributed by atoms with Gasteiger partial charge >= 0.3 is 0 Å². The summed E-state index contributed by atoms with van der Waals surface area (Å²) in [5.74, 6) is 0. The third kappa shape index (κ3) is 4.05. The molecule has 1 aliphatic rings. The maximum atomic E-state index is 4.29. The van der Waals surface area contributed by atoms with E-state index in [0.29, 0.717) is 0 Å². The van der Waals surface area contributed by atoms with Crippen molar-refractivity contribution in [2.24, 2.45) is 0 Å². The van der Waals surface area contributed by atoms with Crippen molar-refractivity contribution in [3.8, 4) is 0 Å². The highest BCUT2D eigenvalue weighted by atomic mass is 79.9. The summed E-state index contributed by atoms with van der Waals surface area (Å²) in [6.45, 7) is 1.81. The van der Waals surface area contributed by atoms with Gasteiger partial charge in [0, 0.05) is 36.8 Å². The van der Waals surface area contributed by atoms with Crippen LogP contribution in [0.25, 0.3) is 0 Å². The van der Waals surface area contributed by atoms with Crippen LogP contribution in [0, 0.1) is 0 Å². The lowest BCUT2D eigenvalue weighted by atomic mass is 10.1. The fourth-order valence-corrected chi connectivity index (χ4v) is 2.66. The molecule has 0 aliphatic heterocycles. The van der Waals surface area contributed by atoms with Gasteiger partial charge in [0.2, 0.25) is 0 Å². The van der Waals surface area contributed by atoms with Crippen molar-refractivity contribution in [1.29, 1.82) is 0 Å². The SMILES string of the molecule is CN(Cc1ccc(Br)cc1)c1cnccc1CNC1CC1. The van der Waals surface area contributed by atoms with Gasteiger partial charge in [-0.3, -0.25) is 4.98 Å². The lowest BCUT2D eigenvalue weighted by Gasteiger charge is -2.22. The summed E-state index contributed by atoms with van der Waals surface area (Å²) in [5, 5.41) is 3.58. The fourth-order valence-electron chi connectivity index (χ4n) is 2.40. The predicted octanol–water partition coefficient (Wildman–Crippen LogP) is 3.73. The number of pyridine rings is 1. The topological polar surface area (TPSA) is 28.2 Å². The molecule has 0 amide bonds. The molecule has 1 aliphatic carbocycles. The number of rotatable bonds is 6. The minimum Gasteiger partial charge on any atom is -0.369 e. The third-order valence-corrected chi connectivity index (χ3v) is 4.32. The van der Waals surface area contributed by atoms with Gasteiger partial charge in [-0.05, 0) is 42.2 Å². The van der Waals surface area contributed by atoms with Crippen LogP contribution in [0.2, 0.25) is 0 Å². The molecule has 3 nitrogen and oxygen atoms in total. The molecule has 3 rings (SSSR count). The third-order valence-electron chi connectivity index (χ3n) is 3.79. The van der Waals surface area contributed by atoms with Gasteiger partial charge < -0.3 is 10.2 Å². The number of hydrogen-bond acceptors (Lipinski definition) is 3. The van der Waals surface area contributed by atoms with E-state index in [0.717, 1.165) is 23.6 Å². The first kappa shape index (κ1) is 14.5. The van der Waals surface area contributed by atoms with Crippen molar-refractivity contribution in [1.82, 2.24) is 10.3 Å². The van der Waals surface area contributed by atoms with Crippen LogP contribution < -0.4 is 10.2 Å². The van der Waals surface area contributed by atoms with Crippen LogP contribution in [0.1, 0.15) is 24.0 Å². The van der Waals surface area contributed by atoms with E-state index in [4.69, 9.17) is 0 Å². The highest BCUT2D eigenvalue weighted by Gasteiger charge is 2.20. The lowest BCUT2D eigenvalue weighted by Crippen LogP contribution is -2.21. The average molecular weight is 346 g/mol. The van der Waals surface area contributed by atoms with Gasteiger partial charge in [-0.15, -0.1) is 0 Å². The van der Waals surface area contributed by atoms with E-state index in [2.05, 4.69) is 68.5 Å². The van der Waals surface area contributed by atoms with E-state index in [1.807, 2.05) is 12.4 Å². The zero-order valence-corrected chi connectivity index (χ0v) is 13.8. The van der Waals surface area contributed by atoms with E-state index < -0.39 is 0 Å². The maximum Gasteiger partial charge on any atom is 0.0598 e. The summed E-state index contributed by atoms with van der Waals surface area (Å²) < 4.78 is 1.12. The Hall–Kier alpha value is -1.39. The summed E-state index contributed by atoms with van der Waals surface area (Å²) in [7, 11) is 2.12. The van der Waals surface area contributed by atoms with E-state index >= 15 is 0 Å². The van der Waals surface area contributed by atoms with Gasteiger partial charge in [-0.25, -0.2) is 0 Å². The first-order valence-corrected chi connectivity index (χ1v) is 8.13. The summed E-state index contributed by atoms with van der Waals surface area (Å²) in [6.07, 6.45) is 6.47. The predicted molar refractivity (Wildman–Crippen MR) is 90.3 cm³/mol. The van der Waals surface area contributed by atoms with Gasteiger partial charge in [0.05, 0.1) is 11.9 Å². The molecule has 0 atom stereocenters. The average Bonchev–Trinajstić information content (AvgIpc) is 3.32. The van der Waals surface area contributed by atoms with Crippen molar-refractivity contribution < 1.29 is 0 Å². The lowest BCUT2D eigenvalue weighted by molar-refractivity contribution is 0.684. The molecule has 0 saturated heterocycles. The standard InChI is InChI=1S/C17H20BrN3/c1-21(12-13-2-4-15(18)5-3-13)17-11-19-9-8-14(17)10-20-16-6-7-16/h2-5,8-9,11,16,20H,6-7,10,12H2,1H3. The van der Waals surface area contributed by atoms with Gasteiger partial charge in [0.15, 0.2) is 0 Å². The summed E-state index contributed by atoms with van der Waals surface area (Å²) in [5.41, 5.74) is 3.82. The van der Waals surface area contributed by atoms with Crippen LogP contribution in [0.5, 0.6) is 0 Å². The van der Waals surface area contributed by atoms with Gasteiger partial charge in [0.1, 0.15) is 0 Å². The van der Waals surface area contributed by atoms with E-state index in [9.17, 15) is 0 Å². The molecule has 21 heavy (non-hydrogen) atoms. The quantitative estimate of drug-likeness (QED) is 0.864. The number of hydrogen-bond donors (Lipinski definition) is 1. The van der Waals surface area contributed by atoms with Crippen molar-refractivity contribution in [2.45, 2.75) is 32.0 Å². The first-order chi connectivity index (χ1) is 10.2. The van der Waals surface area contributed by atoms with E-state index in [-0.39, 0.29) is 0 Å². The zero-order chi connectivity index (χ0) is 14.7. The van der Waals surface area contributed by atoms with Crippen molar-refractivity contribution >= 4 is 21.6 Å². The molecule has 0 spiro atoms. The second kappa shape index (κ2) is 6.58. The molecule has 0 bridgehead atoms. The number of anilines is 1. The first-order valence-electron chi connectivity index (χ1n) is 7.34. The molecule has 2 aromatic rings. The zero-order valence-electron chi connectivity index (χ0n) is 12.2. The summed E-state index contributed by atoms with van der Waals surface area (Å²) in [6, 6.07) is 11.3. The second-order valence-electron chi connectivity index (χ2n) is 5.64. The number of aromatic nitrogens is 1. The molecule has 1 fully saturated rings. The minimum atomic E-state index is 0.725. The van der Waals surface area contributed by atoms with Crippen molar-refractivity contribution in [2.75, 3.05) is 11.9 Å². The molecule has 1 N–H and O–H groups in total. The highest BCUT2D eigenvalue weighted by molar-refractivity contribution is 9.10. The molecule has 1 heterocycles. The molecule has 1 aromatic heterocycles. The number of nitrogens with zero attached hydrogens (tertiary/aromatic N) is 2. The van der Waals surface area contributed by atoms with Gasteiger partial charge in [0.25, 0.3) is 0 Å². The van der Waals surface area contributed by atoms with Crippen LogP contribution in [0.3, 0.4) is 0 Å². The Bertz CT molecular complexity index is 593. The molecular formula is C17H20BrN3.